The maximum Gasteiger partial charge on any atom is 0.222 e. The Hall–Kier alpha value is -3.14. The van der Waals surface area contributed by atoms with Crippen molar-refractivity contribution in [3.05, 3.63) is 66.4 Å². The molecule has 0 aliphatic rings. The smallest absolute Gasteiger partial charge is 0.222 e. The summed E-state index contributed by atoms with van der Waals surface area (Å²) in [6, 6.07) is 18.2. The first-order valence-corrected chi connectivity index (χ1v) is 7.88. The van der Waals surface area contributed by atoms with Gasteiger partial charge in [-0.25, -0.2) is 4.98 Å². The van der Waals surface area contributed by atoms with Gasteiger partial charge in [-0.1, -0.05) is 48.5 Å². The van der Waals surface area contributed by atoms with E-state index in [2.05, 4.69) is 30.4 Å². The number of nitrogens with zero attached hydrogens (tertiary/aromatic N) is 2. The molecule has 2 aromatic heterocycles. The second-order valence-corrected chi connectivity index (χ2v) is 5.90. The van der Waals surface area contributed by atoms with Crippen LogP contribution in [0.25, 0.3) is 27.7 Å². The number of aryl methyl sites for hydroxylation is 1. The van der Waals surface area contributed by atoms with Crippen LogP contribution in [0.3, 0.4) is 0 Å². The summed E-state index contributed by atoms with van der Waals surface area (Å²) in [6.45, 7) is 3.57. The standard InChI is InChI=1S/C20H17N3O/c1-13-7-3-5-9-16(13)18-20(21-14(2)24)23-12-11-15-8-4-6-10-17(15)19(23)22-18/h3-12H,1-2H3,(H,21,24). The van der Waals surface area contributed by atoms with E-state index in [9.17, 15) is 4.79 Å². The minimum atomic E-state index is -0.111. The summed E-state index contributed by atoms with van der Waals surface area (Å²) < 4.78 is 1.95. The van der Waals surface area contributed by atoms with E-state index in [4.69, 9.17) is 4.98 Å². The lowest BCUT2D eigenvalue weighted by Gasteiger charge is -2.08. The molecule has 2 aromatic carbocycles. The van der Waals surface area contributed by atoms with Gasteiger partial charge in [0.1, 0.15) is 17.2 Å². The molecule has 4 aromatic rings. The quantitative estimate of drug-likeness (QED) is 0.595. The lowest BCUT2D eigenvalue weighted by atomic mass is 10.1. The number of benzene rings is 2. The third-order valence-corrected chi connectivity index (χ3v) is 4.21. The second kappa shape index (κ2) is 5.49. The normalized spacial score (nSPS) is 11.1. The number of fused-ring (bicyclic) bond motifs is 3. The van der Waals surface area contributed by atoms with E-state index in [1.54, 1.807) is 0 Å². The molecule has 0 saturated heterocycles. The van der Waals surface area contributed by atoms with E-state index < -0.39 is 0 Å². The van der Waals surface area contributed by atoms with Gasteiger partial charge in [0.25, 0.3) is 0 Å². The molecule has 0 atom stereocenters. The average molecular weight is 315 g/mol. The topological polar surface area (TPSA) is 46.4 Å². The minimum Gasteiger partial charge on any atom is -0.310 e. The van der Waals surface area contributed by atoms with Gasteiger partial charge in [0.15, 0.2) is 0 Å². The van der Waals surface area contributed by atoms with Crippen molar-refractivity contribution >= 4 is 28.1 Å². The maximum absolute atomic E-state index is 11.7. The van der Waals surface area contributed by atoms with Crippen molar-refractivity contribution in [3.8, 4) is 11.3 Å². The molecule has 0 bridgehead atoms. The second-order valence-electron chi connectivity index (χ2n) is 5.90. The van der Waals surface area contributed by atoms with Crippen LogP contribution in [0.5, 0.6) is 0 Å². The molecule has 2 heterocycles. The Labute approximate surface area is 139 Å². The van der Waals surface area contributed by atoms with E-state index in [1.165, 1.54) is 6.92 Å². The molecular formula is C20H17N3O. The lowest BCUT2D eigenvalue weighted by molar-refractivity contribution is -0.114. The number of imidazole rings is 1. The minimum absolute atomic E-state index is 0.111. The van der Waals surface area contributed by atoms with E-state index in [0.717, 1.165) is 33.2 Å². The number of amides is 1. The van der Waals surface area contributed by atoms with E-state index in [1.807, 2.05) is 47.0 Å². The van der Waals surface area contributed by atoms with E-state index >= 15 is 0 Å². The summed E-state index contributed by atoms with van der Waals surface area (Å²) in [5.41, 5.74) is 3.78. The van der Waals surface area contributed by atoms with Crippen LogP contribution in [0.15, 0.2) is 60.8 Å². The summed E-state index contributed by atoms with van der Waals surface area (Å²) >= 11 is 0. The number of aromatic nitrogens is 2. The van der Waals surface area contributed by atoms with Crippen molar-refractivity contribution in [2.24, 2.45) is 0 Å². The van der Waals surface area contributed by atoms with Crippen LogP contribution in [0.2, 0.25) is 0 Å². The molecule has 0 saturated carbocycles. The molecule has 1 amide bonds. The molecule has 118 valence electrons. The maximum atomic E-state index is 11.7. The number of carbonyl (C=O) groups excluding carboxylic acids is 1. The number of carbonyl (C=O) groups is 1. The first-order valence-electron chi connectivity index (χ1n) is 7.88. The van der Waals surface area contributed by atoms with Gasteiger partial charge in [-0.15, -0.1) is 0 Å². The average Bonchev–Trinajstić information content (AvgIpc) is 2.93. The van der Waals surface area contributed by atoms with Gasteiger partial charge >= 0.3 is 0 Å². The molecule has 24 heavy (non-hydrogen) atoms. The molecule has 4 heteroatoms. The van der Waals surface area contributed by atoms with Crippen LogP contribution >= 0.6 is 0 Å². The lowest BCUT2D eigenvalue weighted by Crippen LogP contribution is -2.09. The highest BCUT2D eigenvalue weighted by Gasteiger charge is 2.17. The highest BCUT2D eigenvalue weighted by atomic mass is 16.1. The van der Waals surface area contributed by atoms with Crippen LogP contribution in [-0.2, 0) is 4.79 Å². The van der Waals surface area contributed by atoms with Crippen molar-refractivity contribution in [2.45, 2.75) is 13.8 Å². The van der Waals surface area contributed by atoms with E-state index in [-0.39, 0.29) is 5.91 Å². The SMILES string of the molecule is CC(=O)Nc1c(-c2ccccc2C)nc2c3ccccc3ccn12. The fourth-order valence-electron chi connectivity index (χ4n) is 3.08. The summed E-state index contributed by atoms with van der Waals surface area (Å²) in [5.74, 6) is 0.595. The molecule has 0 radical (unpaired) electrons. The van der Waals surface area contributed by atoms with Crippen LogP contribution < -0.4 is 5.32 Å². The summed E-state index contributed by atoms with van der Waals surface area (Å²) in [4.78, 5) is 16.6. The van der Waals surface area contributed by atoms with Gasteiger partial charge in [-0.2, -0.15) is 0 Å². The zero-order valence-corrected chi connectivity index (χ0v) is 13.6. The van der Waals surface area contributed by atoms with Crippen LogP contribution in [0.1, 0.15) is 12.5 Å². The Balaban J connectivity index is 2.10. The van der Waals surface area contributed by atoms with Gasteiger partial charge in [-0.05, 0) is 23.9 Å². The zero-order chi connectivity index (χ0) is 16.7. The van der Waals surface area contributed by atoms with Crippen molar-refractivity contribution in [2.75, 3.05) is 5.32 Å². The molecule has 4 nitrogen and oxygen atoms in total. The first kappa shape index (κ1) is 14.5. The Morgan fingerprint density at radius 2 is 1.79 bits per heavy atom. The van der Waals surface area contributed by atoms with Crippen LogP contribution in [0, 0.1) is 6.92 Å². The van der Waals surface area contributed by atoms with Crippen molar-refractivity contribution in [1.82, 2.24) is 9.38 Å². The number of hydrogen-bond acceptors (Lipinski definition) is 2. The third kappa shape index (κ3) is 2.24. The van der Waals surface area contributed by atoms with Crippen LogP contribution in [0.4, 0.5) is 5.82 Å². The van der Waals surface area contributed by atoms with Gasteiger partial charge < -0.3 is 5.32 Å². The number of rotatable bonds is 2. The Kier molecular flexibility index (Phi) is 3.31. The van der Waals surface area contributed by atoms with E-state index in [0.29, 0.717) is 5.82 Å². The Morgan fingerprint density at radius 3 is 2.58 bits per heavy atom. The predicted molar refractivity (Wildman–Crippen MR) is 97.2 cm³/mol. The number of anilines is 1. The van der Waals surface area contributed by atoms with Crippen molar-refractivity contribution < 1.29 is 4.79 Å². The number of hydrogen-bond donors (Lipinski definition) is 1. The van der Waals surface area contributed by atoms with Crippen molar-refractivity contribution in [1.29, 1.82) is 0 Å². The molecule has 0 unspecified atom stereocenters. The fraction of sp³-hybridized carbons (Fsp3) is 0.100. The summed E-state index contributed by atoms with van der Waals surface area (Å²) in [5, 5.41) is 5.14. The number of pyridine rings is 1. The van der Waals surface area contributed by atoms with Crippen molar-refractivity contribution in [3.63, 3.8) is 0 Å². The highest BCUT2D eigenvalue weighted by molar-refractivity contribution is 5.99. The largest absolute Gasteiger partial charge is 0.310 e. The van der Waals surface area contributed by atoms with Gasteiger partial charge in [0.05, 0.1) is 0 Å². The Morgan fingerprint density at radius 1 is 1.04 bits per heavy atom. The molecule has 0 aliphatic carbocycles. The summed E-state index contributed by atoms with van der Waals surface area (Å²) in [7, 11) is 0. The third-order valence-electron chi connectivity index (χ3n) is 4.21. The monoisotopic (exact) mass is 315 g/mol. The highest BCUT2D eigenvalue weighted by Crippen LogP contribution is 2.33. The first-order chi connectivity index (χ1) is 11.6. The van der Waals surface area contributed by atoms with Gasteiger partial charge in [0.2, 0.25) is 5.91 Å². The molecule has 1 N–H and O–H groups in total. The summed E-state index contributed by atoms with van der Waals surface area (Å²) in [6.07, 6.45) is 1.96. The van der Waals surface area contributed by atoms with Gasteiger partial charge in [-0.3, -0.25) is 9.20 Å². The Bertz CT molecular complexity index is 1080. The van der Waals surface area contributed by atoms with Gasteiger partial charge in [0, 0.05) is 24.1 Å². The molecule has 0 aliphatic heterocycles. The predicted octanol–water partition coefficient (Wildman–Crippen LogP) is 4.42. The molecular weight excluding hydrogens is 298 g/mol. The fourth-order valence-corrected chi connectivity index (χ4v) is 3.08. The molecule has 4 rings (SSSR count). The molecule has 0 spiro atoms. The van der Waals surface area contributed by atoms with Crippen LogP contribution in [-0.4, -0.2) is 15.3 Å². The number of nitrogens with one attached hydrogen (secondary N) is 1. The molecule has 0 fully saturated rings. The zero-order valence-electron chi connectivity index (χ0n) is 13.6.